The first-order valence-corrected chi connectivity index (χ1v) is 10.0. The first kappa shape index (κ1) is 19.7. The van der Waals surface area contributed by atoms with Gasteiger partial charge in [0, 0.05) is 19.5 Å². The average Bonchev–Trinajstić information content (AvgIpc) is 2.58. The monoisotopic (exact) mass is 340 g/mol. The van der Waals surface area contributed by atoms with Crippen molar-refractivity contribution in [3.05, 3.63) is 0 Å². The summed E-state index contributed by atoms with van der Waals surface area (Å²) in [5, 5.41) is 12.8. The van der Waals surface area contributed by atoms with Crippen molar-refractivity contribution in [2.24, 2.45) is 0 Å². The van der Waals surface area contributed by atoms with Crippen LogP contribution in [0.1, 0.15) is 70.6 Å². The molecule has 0 aromatic heterocycles. The molecule has 2 aliphatic rings. The van der Waals surface area contributed by atoms with Gasteiger partial charge in [-0.2, -0.15) is 0 Å². The molecule has 5 nitrogen and oxygen atoms in total. The van der Waals surface area contributed by atoms with Crippen LogP contribution in [0.25, 0.3) is 0 Å². The summed E-state index contributed by atoms with van der Waals surface area (Å²) in [6.45, 7) is 3.69. The maximum Gasteiger partial charge on any atom is 0.221 e. The van der Waals surface area contributed by atoms with Crippen molar-refractivity contribution in [2.45, 2.75) is 82.8 Å². The average molecular weight is 341 g/mol. The van der Waals surface area contributed by atoms with Crippen LogP contribution in [-0.2, 0) is 9.53 Å². The second kappa shape index (κ2) is 11.8. The fraction of sp³-hybridized carbons (Fsp3) is 0.947. The number of ether oxygens (including phenoxy) is 1. The Labute approximate surface area is 147 Å². The second-order valence-corrected chi connectivity index (χ2v) is 7.41. The van der Waals surface area contributed by atoms with Crippen LogP contribution in [0.2, 0.25) is 0 Å². The molecule has 1 atom stereocenters. The number of hydrogen-bond donors (Lipinski definition) is 2. The Hall–Kier alpha value is -0.650. The van der Waals surface area contributed by atoms with Gasteiger partial charge >= 0.3 is 0 Å². The number of likely N-dealkylation sites (tertiary alicyclic amines) is 1. The summed E-state index contributed by atoms with van der Waals surface area (Å²) in [5.41, 5.74) is 0. The van der Waals surface area contributed by atoms with Crippen LogP contribution < -0.4 is 5.32 Å². The maximum absolute atomic E-state index is 12.0. The molecule has 2 rings (SSSR count). The summed E-state index contributed by atoms with van der Waals surface area (Å²) in [6, 6.07) is 0. The Morgan fingerprint density at radius 3 is 2.38 bits per heavy atom. The molecule has 2 fully saturated rings. The molecular formula is C19H36N2O3. The van der Waals surface area contributed by atoms with Gasteiger partial charge < -0.3 is 20.1 Å². The molecule has 24 heavy (non-hydrogen) atoms. The van der Waals surface area contributed by atoms with Crippen LogP contribution in [0.15, 0.2) is 0 Å². The van der Waals surface area contributed by atoms with Crippen molar-refractivity contribution < 1.29 is 14.6 Å². The number of aliphatic hydroxyl groups is 1. The van der Waals surface area contributed by atoms with Gasteiger partial charge in [0.15, 0.2) is 0 Å². The molecule has 140 valence electrons. The van der Waals surface area contributed by atoms with Crippen molar-refractivity contribution in [3.8, 4) is 0 Å². The minimum atomic E-state index is -0.599. The van der Waals surface area contributed by atoms with Gasteiger partial charge in [0.1, 0.15) is 0 Å². The van der Waals surface area contributed by atoms with E-state index in [9.17, 15) is 9.90 Å². The van der Waals surface area contributed by atoms with Gasteiger partial charge in [0.2, 0.25) is 5.91 Å². The Kier molecular flexibility index (Phi) is 9.69. The highest BCUT2D eigenvalue weighted by atomic mass is 16.5. The molecule has 1 saturated heterocycles. The highest BCUT2D eigenvalue weighted by molar-refractivity contribution is 5.76. The van der Waals surface area contributed by atoms with Crippen molar-refractivity contribution in [3.63, 3.8) is 0 Å². The molecule has 0 aromatic carbocycles. The van der Waals surface area contributed by atoms with Gasteiger partial charge in [-0.3, -0.25) is 4.79 Å². The summed E-state index contributed by atoms with van der Waals surface area (Å²) in [7, 11) is 0. The largest absolute Gasteiger partial charge is 0.389 e. The minimum Gasteiger partial charge on any atom is -0.389 e. The molecule has 0 radical (unpaired) electrons. The van der Waals surface area contributed by atoms with Gasteiger partial charge in [-0.1, -0.05) is 38.5 Å². The third-order valence-corrected chi connectivity index (χ3v) is 5.22. The lowest BCUT2D eigenvalue weighted by Crippen LogP contribution is -2.38. The summed E-state index contributed by atoms with van der Waals surface area (Å²) in [5.74, 6) is 0.0359. The molecule has 0 bridgehead atoms. The molecule has 0 spiro atoms. The Balaban J connectivity index is 1.51. The van der Waals surface area contributed by atoms with Crippen molar-refractivity contribution in [1.29, 1.82) is 0 Å². The molecule has 1 unspecified atom stereocenters. The topological polar surface area (TPSA) is 61.8 Å². The molecular weight excluding hydrogens is 304 g/mol. The number of rotatable bonds is 8. The Bertz CT molecular complexity index is 338. The predicted molar refractivity (Wildman–Crippen MR) is 96.0 cm³/mol. The molecule has 1 aliphatic carbocycles. The molecule has 5 heteroatoms. The van der Waals surface area contributed by atoms with Crippen LogP contribution >= 0.6 is 0 Å². The summed E-state index contributed by atoms with van der Waals surface area (Å²) < 4.78 is 5.75. The van der Waals surface area contributed by atoms with E-state index in [1.165, 1.54) is 51.4 Å². The second-order valence-electron chi connectivity index (χ2n) is 7.41. The van der Waals surface area contributed by atoms with E-state index in [2.05, 4.69) is 10.2 Å². The number of hydrogen-bond acceptors (Lipinski definition) is 4. The van der Waals surface area contributed by atoms with Gasteiger partial charge in [0.25, 0.3) is 0 Å². The first-order chi connectivity index (χ1) is 11.7. The van der Waals surface area contributed by atoms with Crippen LogP contribution in [-0.4, -0.2) is 60.9 Å². The maximum atomic E-state index is 12.0. The Morgan fingerprint density at radius 2 is 1.67 bits per heavy atom. The Morgan fingerprint density at radius 1 is 1.04 bits per heavy atom. The summed E-state index contributed by atoms with van der Waals surface area (Å²) >= 11 is 0. The highest BCUT2D eigenvalue weighted by Crippen LogP contribution is 2.20. The smallest absolute Gasteiger partial charge is 0.221 e. The number of nitrogens with zero attached hydrogens (tertiary/aromatic N) is 1. The number of carbonyl (C=O) groups excluding carboxylic acids is 1. The van der Waals surface area contributed by atoms with E-state index in [0.717, 1.165) is 32.5 Å². The molecule has 2 N–H and O–H groups in total. The normalized spacial score (nSPS) is 22.5. The fourth-order valence-corrected chi connectivity index (χ4v) is 3.65. The minimum absolute atomic E-state index is 0.0359. The van der Waals surface area contributed by atoms with Gasteiger partial charge in [0.05, 0.1) is 18.8 Å². The third-order valence-electron chi connectivity index (χ3n) is 5.22. The van der Waals surface area contributed by atoms with Gasteiger partial charge in [-0.25, -0.2) is 0 Å². The van der Waals surface area contributed by atoms with Crippen LogP contribution in [0.5, 0.6) is 0 Å². The lowest BCUT2D eigenvalue weighted by Gasteiger charge is -2.24. The molecule has 0 aromatic rings. The van der Waals surface area contributed by atoms with E-state index in [-0.39, 0.29) is 5.91 Å². The van der Waals surface area contributed by atoms with E-state index in [0.29, 0.717) is 25.7 Å². The van der Waals surface area contributed by atoms with E-state index >= 15 is 0 Å². The molecule has 1 amide bonds. The van der Waals surface area contributed by atoms with E-state index < -0.39 is 6.10 Å². The zero-order chi connectivity index (χ0) is 17.0. The van der Waals surface area contributed by atoms with Gasteiger partial charge in [-0.15, -0.1) is 0 Å². The zero-order valence-electron chi connectivity index (χ0n) is 15.2. The molecule has 1 aliphatic heterocycles. The molecule has 1 heterocycles. The number of aliphatic hydroxyl groups excluding tert-OH is 1. The summed E-state index contributed by atoms with van der Waals surface area (Å²) in [6.07, 6.45) is 12.7. The van der Waals surface area contributed by atoms with Crippen molar-refractivity contribution in [2.75, 3.05) is 32.8 Å². The van der Waals surface area contributed by atoms with Gasteiger partial charge in [-0.05, 0) is 38.8 Å². The highest BCUT2D eigenvalue weighted by Gasteiger charge is 2.16. The van der Waals surface area contributed by atoms with E-state index in [4.69, 9.17) is 4.74 Å². The third kappa shape index (κ3) is 8.45. The fourth-order valence-electron chi connectivity index (χ4n) is 3.65. The van der Waals surface area contributed by atoms with Crippen LogP contribution in [0.3, 0.4) is 0 Å². The van der Waals surface area contributed by atoms with E-state index in [1.54, 1.807) is 0 Å². The standard InChI is InChI=1S/C19H36N2O3/c22-17(16-24-18-9-5-4-6-10-18)15-20-19(23)11-14-21-12-7-2-1-3-8-13-21/h17-18,22H,1-16H2,(H,20,23). The lowest BCUT2D eigenvalue weighted by atomic mass is 9.98. The molecule has 1 saturated carbocycles. The van der Waals surface area contributed by atoms with Crippen LogP contribution in [0, 0.1) is 0 Å². The number of nitrogens with one attached hydrogen (secondary N) is 1. The summed E-state index contributed by atoms with van der Waals surface area (Å²) in [4.78, 5) is 14.4. The quantitative estimate of drug-likeness (QED) is 0.712. The SMILES string of the molecule is O=C(CCN1CCCCCCC1)NCC(O)COC1CCCCC1. The van der Waals surface area contributed by atoms with Crippen molar-refractivity contribution >= 4 is 5.91 Å². The van der Waals surface area contributed by atoms with E-state index in [1.807, 2.05) is 0 Å². The van der Waals surface area contributed by atoms with Crippen molar-refractivity contribution in [1.82, 2.24) is 10.2 Å². The predicted octanol–water partition coefficient (Wildman–Crippen LogP) is 2.47. The number of carbonyl (C=O) groups is 1. The lowest BCUT2D eigenvalue weighted by molar-refractivity contribution is -0.122. The zero-order valence-corrected chi connectivity index (χ0v) is 15.2. The van der Waals surface area contributed by atoms with Crippen LogP contribution in [0.4, 0.5) is 0 Å². The number of amides is 1. The first-order valence-electron chi connectivity index (χ1n) is 10.0.